The lowest BCUT2D eigenvalue weighted by atomic mass is 9.63. The van der Waals surface area contributed by atoms with E-state index in [9.17, 15) is 18.0 Å². The monoisotopic (exact) mass is 577 g/mol. The first kappa shape index (κ1) is 29.3. The van der Waals surface area contributed by atoms with Crippen LogP contribution in [0.15, 0.2) is 76.0 Å². The van der Waals surface area contributed by atoms with E-state index < -0.39 is 16.0 Å². The van der Waals surface area contributed by atoms with Crippen LogP contribution in [0.1, 0.15) is 70.4 Å². The molecule has 0 bridgehead atoms. The smallest absolute Gasteiger partial charge is 0.339 e. The van der Waals surface area contributed by atoms with E-state index in [-0.39, 0.29) is 33.0 Å². The highest BCUT2D eigenvalue weighted by Gasteiger charge is 2.48. The van der Waals surface area contributed by atoms with Gasteiger partial charge in [0.25, 0.3) is 0 Å². The minimum Gasteiger partial charge on any atom is -0.383 e. The molecule has 0 radical (unpaired) electrons. The second-order valence-corrected chi connectivity index (χ2v) is 14.6. The highest BCUT2D eigenvalue weighted by atomic mass is 32.2. The van der Waals surface area contributed by atoms with Crippen LogP contribution in [-0.4, -0.2) is 45.1 Å². The molecule has 41 heavy (non-hydrogen) atoms. The maximum atomic E-state index is 13.9. The molecule has 7 nitrogen and oxygen atoms in total. The number of ether oxygens (including phenoxy) is 1. The zero-order valence-corrected chi connectivity index (χ0v) is 25.6. The highest BCUT2D eigenvalue weighted by Crippen LogP contribution is 2.54. The second kappa shape index (κ2) is 10.6. The third kappa shape index (κ3) is 5.77. The molecule has 0 unspecified atom stereocenters. The zero-order chi connectivity index (χ0) is 29.7. The largest absolute Gasteiger partial charge is 0.383 e. The summed E-state index contributed by atoms with van der Waals surface area (Å²) in [7, 11) is -2.42. The predicted molar refractivity (Wildman–Crippen MR) is 157 cm³/mol. The number of hydrogen-bond donors (Lipinski definition) is 0. The minimum absolute atomic E-state index is 0.0199. The maximum Gasteiger partial charge on any atom is 0.339 e. The average molecular weight is 578 g/mol. The summed E-state index contributed by atoms with van der Waals surface area (Å²) in [6.45, 7) is 11.3. The third-order valence-corrected chi connectivity index (χ3v) is 9.51. The highest BCUT2D eigenvalue weighted by molar-refractivity contribution is 7.87. The Hall–Kier alpha value is -3.23. The summed E-state index contributed by atoms with van der Waals surface area (Å²) in [5, 5.41) is 0. The van der Waals surface area contributed by atoms with Gasteiger partial charge in [-0.15, -0.1) is 0 Å². The van der Waals surface area contributed by atoms with Crippen LogP contribution < -0.4 is 4.18 Å². The van der Waals surface area contributed by atoms with E-state index in [4.69, 9.17) is 8.92 Å². The first-order valence-electron chi connectivity index (χ1n) is 14.1. The van der Waals surface area contributed by atoms with E-state index in [1.165, 1.54) is 12.1 Å². The van der Waals surface area contributed by atoms with Crippen molar-refractivity contribution >= 4 is 21.7 Å². The molecule has 0 saturated carbocycles. The molecule has 5 rings (SSSR count). The second-order valence-electron chi connectivity index (χ2n) is 13.1. The summed E-state index contributed by atoms with van der Waals surface area (Å²) in [4.78, 5) is 30.0. The first-order chi connectivity index (χ1) is 19.2. The molecule has 2 aromatic carbocycles. The van der Waals surface area contributed by atoms with E-state index in [0.717, 1.165) is 17.0 Å². The molecule has 0 N–H and O–H groups in total. The Morgan fingerprint density at radius 3 is 1.95 bits per heavy atom. The van der Waals surface area contributed by atoms with Gasteiger partial charge < -0.3 is 13.8 Å². The molecule has 1 heterocycles. The molecule has 2 aromatic rings. The Labute approximate surface area is 243 Å². The van der Waals surface area contributed by atoms with Gasteiger partial charge in [-0.1, -0.05) is 57.5 Å². The molecule has 0 amide bonds. The van der Waals surface area contributed by atoms with E-state index in [1.807, 2.05) is 13.0 Å². The number of rotatable bonds is 7. The summed E-state index contributed by atoms with van der Waals surface area (Å²) < 4.78 is 37.2. The number of hydrogen-bond acceptors (Lipinski definition) is 7. The number of aryl methyl sites for hydroxylation is 1. The summed E-state index contributed by atoms with van der Waals surface area (Å²) in [6.07, 6.45) is 2.14. The van der Waals surface area contributed by atoms with Crippen molar-refractivity contribution in [1.29, 1.82) is 0 Å². The fourth-order valence-corrected chi connectivity index (χ4v) is 7.38. The van der Waals surface area contributed by atoms with Gasteiger partial charge in [0.05, 0.1) is 6.61 Å². The Kier molecular flexibility index (Phi) is 7.53. The van der Waals surface area contributed by atoms with Gasteiger partial charge in [-0.05, 0) is 60.4 Å². The van der Waals surface area contributed by atoms with Crippen molar-refractivity contribution in [2.45, 2.75) is 71.1 Å². The van der Waals surface area contributed by atoms with Crippen molar-refractivity contribution in [1.82, 2.24) is 4.90 Å². The van der Waals surface area contributed by atoms with Gasteiger partial charge in [-0.3, -0.25) is 9.59 Å². The molecule has 3 aliphatic rings. The number of methoxy groups -OCH3 is 1. The number of benzene rings is 2. The van der Waals surface area contributed by atoms with Crippen molar-refractivity contribution in [2.75, 3.05) is 20.3 Å². The number of carbonyl (C=O) groups is 2. The number of ketones is 2. The van der Waals surface area contributed by atoms with Crippen molar-refractivity contribution in [2.24, 2.45) is 10.8 Å². The third-order valence-electron chi connectivity index (χ3n) is 8.25. The Morgan fingerprint density at radius 2 is 1.41 bits per heavy atom. The molecular weight excluding hydrogens is 538 g/mol. The van der Waals surface area contributed by atoms with Crippen LogP contribution in [0.3, 0.4) is 0 Å². The fraction of sp³-hybridized carbons (Fsp3) is 0.455. The number of Topliss-reactive ketones (excluding diaryl/α,β-unsaturated/α-hetero) is 2. The topological polar surface area (TPSA) is 90.0 Å². The van der Waals surface area contributed by atoms with Crippen molar-refractivity contribution in [3.05, 3.63) is 82.2 Å². The van der Waals surface area contributed by atoms with Gasteiger partial charge in [0.1, 0.15) is 10.6 Å². The lowest BCUT2D eigenvalue weighted by molar-refractivity contribution is -0.119. The van der Waals surface area contributed by atoms with Crippen molar-refractivity contribution < 1.29 is 26.9 Å². The SMILES string of the molecule is COCCN1C2=C(C(=O)CC(C)(C)C2)C(c2cccc(OS(=O)(=O)c3ccc(C)cc3)c2)C2=C1CC(C)(C)CC2=O. The summed E-state index contributed by atoms with van der Waals surface area (Å²) in [6, 6.07) is 13.3. The van der Waals surface area contributed by atoms with Crippen LogP contribution >= 0.6 is 0 Å². The summed E-state index contributed by atoms with van der Waals surface area (Å²) in [5.74, 6) is -0.407. The van der Waals surface area contributed by atoms with Crippen LogP contribution in [0, 0.1) is 17.8 Å². The Morgan fingerprint density at radius 1 is 0.854 bits per heavy atom. The number of nitrogens with zero attached hydrogens (tertiary/aromatic N) is 1. The number of allylic oxidation sites excluding steroid dienone is 4. The minimum atomic E-state index is -4.08. The van der Waals surface area contributed by atoms with Crippen LogP contribution in [0.4, 0.5) is 0 Å². The predicted octanol–water partition coefficient (Wildman–Crippen LogP) is 6.09. The molecule has 0 atom stereocenters. The molecule has 0 fully saturated rings. The van der Waals surface area contributed by atoms with Gasteiger partial charge in [0.15, 0.2) is 11.6 Å². The Bertz CT molecular complexity index is 1510. The maximum absolute atomic E-state index is 13.9. The molecule has 2 aliphatic carbocycles. The fourth-order valence-electron chi connectivity index (χ4n) is 6.46. The van der Waals surface area contributed by atoms with Gasteiger partial charge in [-0.25, -0.2) is 0 Å². The quantitative estimate of drug-likeness (QED) is 0.368. The average Bonchev–Trinajstić information content (AvgIpc) is 2.86. The molecule has 0 aromatic heterocycles. The molecule has 0 saturated heterocycles. The number of carbonyl (C=O) groups excluding carboxylic acids is 2. The van der Waals surface area contributed by atoms with Gasteiger partial charge >= 0.3 is 10.1 Å². The van der Waals surface area contributed by atoms with Crippen LogP contribution in [0.5, 0.6) is 5.75 Å². The van der Waals surface area contributed by atoms with Gasteiger partial charge in [-0.2, -0.15) is 8.42 Å². The van der Waals surface area contributed by atoms with Gasteiger partial charge in [0, 0.05) is 55.0 Å². The molecule has 218 valence electrons. The Balaban J connectivity index is 1.65. The van der Waals surface area contributed by atoms with Gasteiger partial charge in [0.2, 0.25) is 0 Å². The lowest BCUT2D eigenvalue weighted by Gasteiger charge is -2.49. The van der Waals surface area contributed by atoms with E-state index in [0.29, 0.717) is 55.5 Å². The first-order valence-corrected chi connectivity index (χ1v) is 15.5. The molecular formula is C33H39NO6S. The van der Waals surface area contributed by atoms with E-state index in [2.05, 4.69) is 32.6 Å². The lowest BCUT2D eigenvalue weighted by Crippen LogP contribution is -2.45. The van der Waals surface area contributed by atoms with Crippen LogP contribution in [0.25, 0.3) is 0 Å². The zero-order valence-electron chi connectivity index (χ0n) is 24.7. The molecule has 0 spiro atoms. The molecule has 8 heteroatoms. The van der Waals surface area contributed by atoms with E-state index >= 15 is 0 Å². The summed E-state index contributed by atoms with van der Waals surface area (Å²) >= 11 is 0. The normalized spacial score (nSPS) is 20.7. The van der Waals surface area contributed by atoms with Crippen LogP contribution in [0.2, 0.25) is 0 Å². The molecule has 1 aliphatic heterocycles. The van der Waals surface area contributed by atoms with Crippen molar-refractivity contribution in [3.8, 4) is 5.75 Å². The van der Waals surface area contributed by atoms with E-state index in [1.54, 1.807) is 37.4 Å². The standard InChI is InChI=1S/C33H39NO6S/c1-21-10-12-24(13-11-21)41(37,38)40-23-9-7-8-22(16-23)29-30-25(17-32(2,3)19-27(30)35)34(14-15-39-6)26-18-33(4,5)20-28(36)31(26)29/h7-13,16,29H,14-15,17-20H2,1-6H3. The summed E-state index contributed by atoms with van der Waals surface area (Å²) in [5.41, 5.74) is 4.30. The van der Waals surface area contributed by atoms with Crippen molar-refractivity contribution in [3.63, 3.8) is 0 Å². The van der Waals surface area contributed by atoms with Crippen LogP contribution in [-0.2, 0) is 24.4 Å².